The Labute approximate surface area is 107 Å². The van der Waals surface area contributed by atoms with E-state index in [1.807, 2.05) is 11.3 Å². The summed E-state index contributed by atoms with van der Waals surface area (Å²) in [6.07, 6.45) is 4.48. The van der Waals surface area contributed by atoms with E-state index >= 15 is 0 Å². The number of ether oxygens (including phenoxy) is 1. The van der Waals surface area contributed by atoms with Gasteiger partial charge in [0, 0.05) is 28.8 Å². The molecule has 0 bridgehead atoms. The van der Waals surface area contributed by atoms with Crippen molar-refractivity contribution >= 4 is 22.9 Å². The number of rotatable bonds is 4. The molecule has 1 nitrogen and oxygen atoms in total. The quantitative estimate of drug-likeness (QED) is 0.745. The summed E-state index contributed by atoms with van der Waals surface area (Å²) >= 11 is 8.12. The first-order chi connectivity index (χ1) is 7.78. The zero-order valence-corrected chi connectivity index (χ0v) is 11.4. The second kappa shape index (κ2) is 5.52. The Hall–Kier alpha value is -0.0500. The minimum atomic E-state index is 0.287. The maximum Gasteiger partial charge on any atom is 0.0471 e. The van der Waals surface area contributed by atoms with E-state index < -0.39 is 0 Å². The average molecular weight is 259 g/mol. The molecular weight excluding hydrogens is 240 g/mol. The molecule has 0 spiro atoms. The Morgan fingerprint density at radius 2 is 2.00 bits per heavy atom. The molecule has 1 aromatic heterocycles. The molecule has 2 rings (SSSR count). The van der Waals surface area contributed by atoms with Crippen molar-refractivity contribution in [2.45, 2.75) is 32.6 Å². The van der Waals surface area contributed by atoms with Gasteiger partial charge in [-0.2, -0.15) is 0 Å². The third kappa shape index (κ3) is 2.79. The summed E-state index contributed by atoms with van der Waals surface area (Å²) in [5.74, 6) is 0.760. The van der Waals surface area contributed by atoms with Gasteiger partial charge in [0.15, 0.2) is 0 Å². The molecule has 0 amide bonds. The lowest BCUT2D eigenvalue weighted by atomic mass is 9.79. The topological polar surface area (TPSA) is 9.23 Å². The van der Waals surface area contributed by atoms with Gasteiger partial charge in [-0.1, -0.05) is 6.92 Å². The zero-order chi connectivity index (χ0) is 11.4. The molecule has 0 aliphatic carbocycles. The maximum absolute atomic E-state index is 6.18. The smallest absolute Gasteiger partial charge is 0.0471 e. The number of alkyl halides is 1. The number of thiophene rings is 1. The van der Waals surface area contributed by atoms with Crippen LogP contribution in [0.1, 0.15) is 29.5 Å². The highest BCUT2D eigenvalue weighted by Crippen LogP contribution is 2.37. The van der Waals surface area contributed by atoms with Gasteiger partial charge < -0.3 is 4.74 Å². The average Bonchev–Trinajstić information content (AvgIpc) is 2.78. The van der Waals surface area contributed by atoms with E-state index in [2.05, 4.69) is 19.1 Å². The van der Waals surface area contributed by atoms with Crippen LogP contribution in [0.4, 0.5) is 0 Å². The normalized spacial score (nSPS) is 19.9. The number of aryl methyl sites for hydroxylation is 1. The highest BCUT2D eigenvalue weighted by molar-refractivity contribution is 7.11. The van der Waals surface area contributed by atoms with Crippen molar-refractivity contribution in [1.82, 2.24) is 0 Å². The van der Waals surface area contributed by atoms with Crippen LogP contribution in [0, 0.1) is 5.41 Å². The van der Waals surface area contributed by atoms with Crippen LogP contribution in [0.25, 0.3) is 0 Å². The molecule has 0 atom stereocenters. The molecule has 0 unspecified atom stereocenters. The second-order valence-electron chi connectivity index (χ2n) is 4.64. The van der Waals surface area contributed by atoms with E-state index in [4.69, 9.17) is 16.3 Å². The first-order valence-corrected chi connectivity index (χ1v) is 7.34. The van der Waals surface area contributed by atoms with Gasteiger partial charge in [0.25, 0.3) is 0 Å². The molecule has 0 N–H and O–H groups in total. The van der Waals surface area contributed by atoms with Gasteiger partial charge in [-0.3, -0.25) is 0 Å². The number of hydrogen-bond donors (Lipinski definition) is 0. The third-order valence-corrected chi connectivity index (χ3v) is 5.25. The van der Waals surface area contributed by atoms with Gasteiger partial charge in [-0.25, -0.2) is 0 Å². The van der Waals surface area contributed by atoms with Crippen LogP contribution in [0.2, 0.25) is 0 Å². The molecule has 1 aliphatic rings. The van der Waals surface area contributed by atoms with Crippen LogP contribution in [-0.2, 0) is 17.6 Å². The molecule has 0 radical (unpaired) electrons. The molecule has 2 heterocycles. The predicted molar refractivity (Wildman–Crippen MR) is 70.6 cm³/mol. The molecule has 3 heteroatoms. The van der Waals surface area contributed by atoms with Crippen molar-refractivity contribution < 1.29 is 4.74 Å². The first-order valence-electron chi connectivity index (χ1n) is 5.99. The van der Waals surface area contributed by atoms with Crippen molar-refractivity contribution in [2.24, 2.45) is 5.41 Å². The summed E-state index contributed by atoms with van der Waals surface area (Å²) in [6.45, 7) is 3.96. The number of hydrogen-bond acceptors (Lipinski definition) is 2. The Bertz CT molecular complexity index is 328. The van der Waals surface area contributed by atoms with Crippen LogP contribution in [0.3, 0.4) is 0 Å². The molecule has 1 aliphatic heterocycles. The van der Waals surface area contributed by atoms with E-state index in [9.17, 15) is 0 Å². The maximum atomic E-state index is 6.18. The van der Waals surface area contributed by atoms with E-state index in [-0.39, 0.29) is 5.41 Å². The minimum absolute atomic E-state index is 0.287. The van der Waals surface area contributed by atoms with E-state index in [1.54, 1.807) is 0 Å². The molecule has 1 saturated heterocycles. The van der Waals surface area contributed by atoms with Crippen LogP contribution >= 0.6 is 22.9 Å². The Kier molecular flexibility index (Phi) is 4.28. The largest absolute Gasteiger partial charge is 0.381 e. The fourth-order valence-electron chi connectivity index (χ4n) is 2.24. The van der Waals surface area contributed by atoms with Gasteiger partial charge in [0.2, 0.25) is 0 Å². The van der Waals surface area contributed by atoms with Crippen molar-refractivity contribution in [1.29, 1.82) is 0 Å². The Balaban J connectivity index is 2.05. The number of halogens is 1. The van der Waals surface area contributed by atoms with Crippen LogP contribution in [-0.4, -0.2) is 19.1 Å². The van der Waals surface area contributed by atoms with Gasteiger partial charge >= 0.3 is 0 Å². The van der Waals surface area contributed by atoms with Crippen molar-refractivity contribution in [3.63, 3.8) is 0 Å². The highest BCUT2D eigenvalue weighted by atomic mass is 35.5. The van der Waals surface area contributed by atoms with Crippen LogP contribution in [0.15, 0.2) is 12.1 Å². The molecule has 1 fully saturated rings. The molecule has 16 heavy (non-hydrogen) atoms. The lowest BCUT2D eigenvalue weighted by Gasteiger charge is -2.35. The van der Waals surface area contributed by atoms with Crippen molar-refractivity contribution in [2.75, 3.05) is 19.1 Å². The van der Waals surface area contributed by atoms with Crippen molar-refractivity contribution in [3.05, 3.63) is 21.9 Å². The molecule has 0 saturated carbocycles. The molecular formula is C13H19ClOS. The van der Waals surface area contributed by atoms with Crippen molar-refractivity contribution in [3.8, 4) is 0 Å². The summed E-state index contributed by atoms with van der Waals surface area (Å²) in [6, 6.07) is 4.52. The second-order valence-corrected chi connectivity index (χ2v) is 6.16. The summed E-state index contributed by atoms with van der Waals surface area (Å²) in [5.41, 5.74) is 0.287. The van der Waals surface area contributed by atoms with Crippen LogP contribution < -0.4 is 0 Å². The Morgan fingerprint density at radius 1 is 1.31 bits per heavy atom. The summed E-state index contributed by atoms with van der Waals surface area (Å²) in [4.78, 5) is 2.96. The molecule has 90 valence electrons. The van der Waals surface area contributed by atoms with E-state index in [0.717, 1.165) is 44.8 Å². The fraction of sp³-hybridized carbons (Fsp3) is 0.692. The lowest BCUT2D eigenvalue weighted by molar-refractivity contribution is 0.0261. The summed E-state index contributed by atoms with van der Waals surface area (Å²) in [7, 11) is 0. The zero-order valence-electron chi connectivity index (χ0n) is 9.80. The summed E-state index contributed by atoms with van der Waals surface area (Å²) in [5, 5.41) is 0. The minimum Gasteiger partial charge on any atom is -0.381 e. The van der Waals surface area contributed by atoms with E-state index in [1.165, 1.54) is 9.75 Å². The molecule has 0 aromatic carbocycles. The van der Waals surface area contributed by atoms with E-state index in [0.29, 0.717) is 0 Å². The van der Waals surface area contributed by atoms with Gasteiger partial charge in [0.1, 0.15) is 0 Å². The standard InChI is InChI=1S/C13H19ClOS/c1-2-11-3-4-12(16-11)9-13(10-14)5-7-15-8-6-13/h3-4H,2,5-10H2,1H3. The SMILES string of the molecule is CCc1ccc(CC2(CCl)CCOCC2)s1. The Morgan fingerprint density at radius 3 is 2.56 bits per heavy atom. The first kappa shape index (κ1) is 12.4. The lowest BCUT2D eigenvalue weighted by Crippen LogP contribution is -2.33. The fourth-order valence-corrected chi connectivity index (χ4v) is 3.73. The van der Waals surface area contributed by atoms with Gasteiger partial charge in [-0.05, 0) is 43.2 Å². The highest BCUT2D eigenvalue weighted by Gasteiger charge is 2.32. The van der Waals surface area contributed by atoms with Gasteiger partial charge in [0.05, 0.1) is 0 Å². The summed E-state index contributed by atoms with van der Waals surface area (Å²) < 4.78 is 5.44. The third-order valence-electron chi connectivity index (χ3n) is 3.45. The predicted octanol–water partition coefficient (Wildman–Crippen LogP) is 3.89. The van der Waals surface area contributed by atoms with Crippen LogP contribution in [0.5, 0.6) is 0 Å². The van der Waals surface area contributed by atoms with Gasteiger partial charge in [-0.15, -0.1) is 22.9 Å². The molecule has 1 aromatic rings. The monoisotopic (exact) mass is 258 g/mol.